The Morgan fingerprint density at radius 2 is 2.28 bits per heavy atom. The second kappa shape index (κ2) is 6.35. The Bertz CT molecular complexity index is 407. The monoisotopic (exact) mass is 255 g/mol. The third-order valence-corrected chi connectivity index (χ3v) is 2.59. The fourth-order valence-corrected chi connectivity index (χ4v) is 1.17. The lowest BCUT2D eigenvalue weighted by molar-refractivity contribution is -0.124. The zero-order chi connectivity index (χ0) is 13.6. The van der Waals surface area contributed by atoms with Gasteiger partial charge in [0.05, 0.1) is 5.60 Å². The van der Waals surface area contributed by atoms with E-state index in [1.54, 1.807) is 13.0 Å². The highest BCUT2D eigenvalue weighted by atomic mass is 19.1. The molecule has 4 nitrogen and oxygen atoms in total. The van der Waals surface area contributed by atoms with E-state index < -0.39 is 11.4 Å². The summed E-state index contributed by atoms with van der Waals surface area (Å²) < 4.78 is 17.9. The van der Waals surface area contributed by atoms with E-state index in [9.17, 15) is 14.3 Å². The molecule has 0 aromatic heterocycles. The molecule has 0 aliphatic rings. The highest BCUT2D eigenvalue weighted by Gasteiger charge is 2.18. The van der Waals surface area contributed by atoms with Crippen molar-refractivity contribution in [2.45, 2.75) is 25.9 Å². The van der Waals surface area contributed by atoms with Crippen LogP contribution in [-0.2, 0) is 4.79 Å². The molecule has 1 unspecified atom stereocenters. The third kappa shape index (κ3) is 5.14. The first-order valence-electron chi connectivity index (χ1n) is 5.80. The molecule has 100 valence electrons. The molecular weight excluding hydrogens is 237 g/mol. The van der Waals surface area contributed by atoms with Gasteiger partial charge in [-0.15, -0.1) is 0 Å². The van der Waals surface area contributed by atoms with Crippen LogP contribution in [-0.4, -0.2) is 29.8 Å². The summed E-state index contributed by atoms with van der Waals surface area (Å²) in [4.78, 5) is 11.4. The smallest absolute Gasteiger partial charge is 0.258 e. The predicted octanol–water partition coefficient (Wildman–Crippen LogP) is 1.48. The molecule has 1 aromatic carbocycles. The maximum Gasteiger partial charge on any atom is 0.258 e. The summed E-state index contributed by atoms with van der Waals surface area (Å²) in [6.07, 6.45) is 0.540. The van der Waals surface area contributed by atoms with Crippen molar-refractivity contribution in [3.63, 3.8) is 0 Å². The number of hydrogen-bond acceptors (Lipinski definition) is 3. The van der Waals surface area contributed by atoms with Crippen LogP contribution in [0.4, 0.5) is 4.39 Å². The van der Waals surface area contributed by atoms with Crippen LogP contribution in [0.15, 0.2) is 24.3 Å². The minimum atomic E-state index is -0.922. The number of amides is 1. The molecule has 2 N–H and O–H groups in total. The number of hydrogen-bond donors (Lipinski definition) is 2. The van der Waals surface area contributed by atoms with Crippen LogP contribution >= 0.6 is 0 Å². The first kappa shape index (κ1) is 14.4. The Labute approximate surface area is 106 Å². The number of ether oxygens (including phenoxy) is 1. The van der Waals surface area contributed by atoms with E-state index in [2.05, 4.69) is 5.32 Å². The first-order valence-corrected chi connectivity index (χ1v) is 5.80. The van der Waals surface area contributed by atoms with Gasteiger partial charge in [0.15, 0.2) is 6.61 Å². The predicted molar refractivity (Wildman–Crippen MR) is 65.8 cm³/mol. The van der Waals surface area contributed by atoms with E-state index in [1.165, 1.54) is 18.2 Å². The van der Waals surface area contributed by atoms with Gasteiger partial charge in [-0.1, -0.05) is 13.0 Å². The van der Waals surface area contributed by atoms with Crippen molar-refractivity contribution in [2.75, 3.05) is 13.2 Å². The van der Waals surface area contributed by atoms with Crippen LogP contribution in [0.3, 0.4) is 0 Å². The molecule has 1 rings (SSSR count). The zero-order valence-corrected chi connectivity index (χ0v) is 10.6. The minimum absolute atomic E-state index is 0.162. The van der Waals surface area contributed by atoms with Crippen molar-refractivity contribution < 1.29 is 19.0 Å². The standard InChI is InChI=1S/C13H18FNO3/c1-3-13(2,17)9-15-12(16)8-18-11-6-4-5-10(14)7-11/h4-7,17H,3,8-9H2,1-2H3,(H,15,16). The van der Waals surface area contributed by atoms with Crippen LogP contribution in [0.1, 0.15) is 20.3 Å². The van der Waals surface area contributed by atoms with Crippen LogP contribution in [0.2, 0.25) is 0 Å². The maximum atomic E-state index is 12.8. The molecule has 1 aromatic rings. The molecule has 0 bridgehead atoms. The Kier molecular flexibility index (Phi) is 5.09. The van der Waals surface area contributed by atoms with Crippen molar-refractivity contribution in [3.05, 3.63) is 30.1 Å². The highest BCUT2D eigenvalue weighted by Crippen LogP contribution is 2.11. The van der Waals surface area contributed by atoms with Gasteiger partial charge < -0.3 is 15.2 Å². The Balaban J connectivity index is 2.34. The fourth-order valence-electron chi connectivity index (χ4n) is 1.17. The average molecular weight is 255 g/mol. The molecule has 1 atom stereocenters. The second-order valence-corrected chi connectivity index (χ2v) is 4.37. The highest BCUT2D eigenvalue weighted by molar-refractivity contribution is 5.77. The van der Waals surface area contributed by atoms with Crippen LogP contribution in [0, 0.1) is 5.82 Å². The number of nitrogens with one attached hydrogen (secondary N) is 1. The Morgan fingerprint density at radius 3 is 2.89 bits per heavy atom. The quantitative estimate of drug-likeness (QED) is 0.809. The van der Waals surface area contributed by atoms with Gasteiger partial charge >= 0.3 is 0 Å². The fraction of sp³-hybridized carbons (Fsp3) is 0.462. The van der Waals surface area contributed by atoms with Gasteiger partial charge in [0.2, 0.25) is 0 Å². The van der Waals surface area contributed by atoms with Gasteiger partial charge in [0.1, 0.15) is 11.6 Å². The first-order chi connectivity index (χ1) is 8.43. The molecule has 0 fully saturated rings. The van der Waals surface area contributed by atoms with Gasteiger partial charge in [-0.25, -0.2) is 4.39 Å². The number of aliphatic hydroxyl groups is 1. The normalized spacial score (nSPS) is 13.8. The van der Waals surface area contributed by atoms with E-state index >= 15 is 0 Å². The molecule has 5 heteroatoms. The largest absolute Gasteiger partial charge is 0.484 e. The van der Waals surface area contributed by atoms with E-state index in [1.807, 2.05) is 6.92 Å². The van der Waals surface area contributed by atoms with E-state index in [-0.39, 0.29) is 19.1 Å². The molecule has 0 saturated heterocycles. The zero-order valence-electron chi connectivity index (χ0n) is 10.6. The molecular formula is C13H18FNO3. The Morgan fingerprint density at radius 1 is 1.56 bits per heavy atom. The second-order valence-electron chi connectivity index (χ2n) is 4.37. The summed E-state index contributed by atoms with van der Waals surface area (Å²) >= 11 is 0. The summed E-state index contributed by atoms with van der Waals surface area (Å²) in [6.45, 7) is 3.42. The molecule has 0 saturated carbocycles. The summed E-state index contributed by atoms with van der Waals surface area (Å²) in [5.74, 6) is -0.470. The van der Waals surface area contributed by atoms with E-state index in [0.717, 1.165) is 0 Å². The summed E-state index contributed by atoms with van der Waals surface area (Å²) in [5, 5.41) is 12.2. The summed E-state index contributed by atoms with van der Waals surface area (Å²) in [6, 6.07) is 5.57. The third-order valence-electron chi connectivity index (χ3n) is 2.59. The van der Waals surface area contributed by atoms with Gasteiger partial charge in [-0.3, -0.25) is 4.79 Å². The molecule has 18 heavy (non-hydrogen) atoms. The summed E-state index contributed by atoms with van der Waals surface area (Å²) in [7, 11) is 0. The lowest BCUT2D eigenvalue weighted by Gasteiger charge is -2.21. The minimum Gasteiger partial charge on any atom is -0.484 e. The number of carbonyl (C=O) groups is 1. The molecule has 0 spiro atoms. The van der Waals surface area contributed by atoms with Crippen LogP contribution in [0.5, 0.6) is 5.75 Å². The average Bonchev–Trinajstić information content (AvgIpc) is 2.34. The maximum absolute atomic E-state index is 12.8. The molecule has 0 aliphatic carbocycles. The van der Waals surface area contributed by atoms with Crippen molar-refractivity contribution in [1.29, 1.82) is 0 Å². The molecule has 0 radical (unpaired) electrons. The lowest BCUT2D eigenvalue weighted by atomic mass is 10.0. The van der Waals surface area contributed by atoms with E-state index in [0.29, 0.717) is 12.2 Å². The van der Waals surface area contributed by atoms with Gasteiger partial charge in [0, 0.05) is 12.6 Å². The van der Waals surface area contributed by atoms with Crippen LogP contribution < -0.4 is 10.1 Å². The molecule has 1 amide bonds. The van der Waals surface area contributed by atoms with Gasteiger partial charge in [-0.2, -0.15) is 0 Å². The Hall–Kier alpha value is -1.62. The van der Waals surface area contributed by atoms with Crippen LogP contribution in [0.25, 0.3) is 0 Å². The topological polar surface area (TPSA) is 58.6 Å². The number of carbonyl (C=O) groups excluding carboxylic acids is 1. The molecule has 0 heterocycles. The van der Waals surface area contributed by atoms with Crippen molar-refractivity contribution in [2.24, 2.45) is 0 Å². The summed E-state index contributed by atoms with van der Waals surface area (Å²) in [5.41, 5.74) is -0.922. The van der Waals surface area contributed by atoms with Crippen molar-refractivity contribution in [3.8, 4) is 5.75 Å². The lowest BCUT2D eigenvalue weighted by Crippen LogP contribution is -2.41. The van der Waals surface area contributed by atoms with E-state index in [4.69, 9.17) is 4.74 Å². The number of benzene rings is 1. The number of rotatable bonds is 6. The number of halogens is 1. The van der Waals surface area contributed by atoms with Gasteiger partial charge in [0.25, 0.3) is 5.91 Å². The SMILES string of the molecule is CCC(C)(O)CNC(=O)COc1cccc(F)c1. The van der Waals surface area contributed by atoms with Gasteiger partial charge in [-0.05, 0) is 25.5 Å². The van der Waals surface area contributed by atoms with Crippen molar-refractivity contribution in [1.82, 2.24) is 5.32 Å². The molecule has 0 aliphatic heterocycles. The van der Waals surface area contributed by atoms with Crippen molar-refractivity contribution >= 4 is 5.91 Å².